The smallest absolute Gasteiger partial charge is 0.0424 e. The van der Waals surface area contributed by atoms with Gasteiger partial charge in [0.2, 0.25) is 0 Å². The van der Waals surface area contributed by atoms with Gasteiger partial charge in [0.15, 0.2) is 0 Å². The van der Waals surface area contributed by atoms with Gasteiger partial charge in [-0.15, -0.1) is 0 Å². The Bertz CT molecular complexity index is 257. The van der Waals surface area contributed by atoms with Crippen LogP contribution in [0.25, 0.3) is 0 Å². The highest BCUT2D eigenvalue weighted by Gasteiger charge is 2.03. The van der Waals surface area contributed by atoms with Crippen molar-refractivity contribution >= 4 is 23.2 Å². The summed E-state index contributed by atoms with van der Waals surface area (Å²) in [7, 11) is 3.40. The predicted molar refractivity (Wildman–Crippen MR) is 64.0 cm³/mol. The first kappa shape index (κ1) is 13.7. The summed E-state index contributed by atoms with van der Waals surface area (Å²) in [5.74, 6) is 0. The van der Waals surface area contributed by atoms with Crippen molar-refractivity contribution in [2.75, 3.05) is 14.1 Å². The molecule has 2 nitrogen and oxygen atoms in total. The van der Waals surface area contributed by atoms with E-state index in [1.165, 1.54) is 7.05 Å². The molecule has 0 saturated heterocycles. The van der Waals surface area contributed by atoms with Crippen molar-refractivity contribution < 1.29 is 0 Å². The Morgan fingerprint density at radius 1 is 1.14 bits per heavy atom. The van der Waals surface area contributed by atoms with E-state index in [9.17, 15) is 0 Å². The minimum absolute atomic E-state index is 0.279. The molecule has 1 aromatic rings. The largest absolute Gasteiger partial charge is 0.333 e. The summed E-state index contributed by atoms with van der Waals surface area (Å²) in [6.07, 6.45) is 0. The fourth-order valence-corrected chi connectivity index (χ4v) is 1.53. The molecule has 0 fully saturated rings. The second kappa shape index (κ2) is 7.07. The SMILES string of the molecule is CN.CNC(C)c1cc(Cl)cc(Cl)c1. The van der Waals surface area contributed by atoms with E-state index in [2.05, 4.69) is 18.0 Å². The average molecular weight is 235 g/mol. The molecule has 14 heavy (non-hydrogen) atoms. The summed E-state index contributed by atoms with van der Waals surface area (Å²) in [6.45, 7) is 2.06. The Balaban J connectivity index is 0.000000791. The zero-order chi connectivity index (χ0) is 11.1. The molecule has 0 aliphatic heterocycles. The highest BCUT2D eigenvalue weighted by atomic mass is 35.5. The van der Waals surface area contributed by atoms with E-state index in [-0.39, 0.29) is 6.04 Å². The molecule has 0 saturated carbocycles. The molecule has 0 bridgehead atoms. The first-order valence-electron chi connectivity index (χ1n) is 4.34. The van der Waals surface area contributed by atoms with E-state index < -0.39 is 0 Å². The van der Waals surface area contributed by atoms with Gasteiger partial charge in [0, 0.05) is 16.1 Å². The number of benzene rings is 1. The molecule has 1 atom stereocenters. The molecule has 1 rings (SSSR count). The van der Waals surface area contributed by atoms with Crippen LogP contribution in [0.1, 0.15) is 18.5 Å². The van der Waals surface area contributed by atoms with Gasteiger partial charge in [-0.25, -0.2) is 0 Å². The minimum Gasteiger partial charge on any atom is -0.333 e. The summed E-state index contributed by atoms with van der Waals surface area (Å²) >= 11 is 11.7. The molecule has 0 amide bonds. The van der Waals surface area contributed by atoms with Crippen LogP contribution in [0.5, 0.6) is 0 Å². The zero-order valence-corrected chi connectivity index (χ0v) is 10.2. The van der Waals surface area contributed by atoms with E-state index >= 15 is 0 Å². The average Bonchev–Trinajstić information content (AvgIpc) is 2.18. The van der Waals surface area contributed by atoms with E-state index in [0.717, 1.165) is 5.56 Å². The standard InChI is InChI=1S/C9H11Cl2N.CH5N/c1-6(12-2)7-3-8(10)5-9(11)4-7;1-2/h3-6,12H,1-2H3;2H2,1H3. The van der Waals surface area contributed by atoms with E-state index in [1.807, 2.05) is 19.2 Å². The lowest BCUT2D eigenvalue weighted by Crippen LogP contribution is -2.12. The number of nitrogens with two attached hydrogens (primary N) is 1. The molecule has 0 aliphatic carbocycles. The van der Waals surface area contributed by atoms with E-state index in [4.69, 9.17) is 23.2 Å². The van der Waals surface area contributed by atoms with Gasteiger partial charge in [0.05, 0.1) is 0 Å². The van der Waals surface area contributed by atoms with Gasteiger partial charge < -0.3 is 11.1 Å². The molecule has 3 N–H and O–H groups in total. The van der Waals surface area contributed by atoms with Crippen molar-refractivity contribution in [3.8, 4) is 0 Å². The number of nitrogens with one attached hydrogen (secondary N) is 1. The first-order chi connectivity index (χ1) is 6.63. The third-order valence-corrected chi connectivity index (χ3v) is 2.25. The van der Waals surface area contributed by atoms with Gasteiger partial charge in [-0.1, -0.05) is 23.2 Å². The maximum atomic E-state index is 5.84. The second-order valence-electron chi connectivity index (χ2n) is 2.71. The van der Waals surface area contributed by atoms with Crippen molar-refractivity contribution in [2.24, 2.45) is 5.73 Å². The van der Waals surface area contributed by atoms with Gasteiger partial charge >= 0.3 is 0 Å². The highest BCUT2D eigenvalue weighted by molar-refractivity contribution is 6.34. The Kier molecular flexibility index (Phi) is 6.93. The first-order valence-corrected chi connectivity index (χ1v) is 5.10. The summed E-state index contributed by atoms with van der Waals surface area (Å²) < 4.78 is 0. The predicted octanol–water partition coefficient (Wildman–Crippen LogP) is 2.85. The minimum atomic E-state index is 0.279. The molecule has 0 aliphatic rings. The molecule has 0 aromatic heterocycles. The Morgan fingerprint density at radius 3 is 1.93 bits per heavy atom. The summed E-state index contributed by atoms with van der Waals surface area (Å²) in [5.41, 5.74) is 5.61. The third kappa shape index (κ3) is 4.29. The number of hydrogen-bond donors (Lipinski definition) is 2. The zero-order valence-electron chi connectivity index (χ0n) is 8.64. The number of rotatable bonds is 2. The lowest BCUT2D eigenvalue weighted by atomic mass is 10.1. The molecule has 1 unspecified atom stereocenters. The van der Waals surface area contributed by atoms with Crippen LogP contribution in [0, 0.1) is 0 Å². The lowest BCUT2D eigenvalue weighted by molar-refractivity contribution is 0.652. The van der Waals surface area contributed by atoms with Crippen molar-refractivity contribution in [2.45, 2.75) is 13.0 Å². The molecule has 1 aromatic carbocycles. The highest BCUT2D eigenvalue weighted by Crippen LogP contribution is 2.22. The van der Waals surface area contributed by atoms with Gasteiger partial charge in [0.1, 0.15) is 0 Å². The summed E-state index contributed by atoms with van der Waals surface area (Å²) in [4.78, 5) is 0. The molecule has 0 radical (unpaired) electrons. The van der Waals surface area contributed by atoms with Gasteiger partial charge in [-0.3, -0.25) is 0 Å². The van der Waals surface area contributed by atoms with Gasteiger partial charge in [0.25, 0.3) is 0 Å². The number of halogens is 2. The third-order valence-electron chi connectivity index (χ3n) is 1.82. The van der Waals surface area contributed by atoms with E-state index in [0.29, 0.717) is 10.0 Å². The Morgan fingerprint density at radius 2 is 1.57 bits per heavy atom. The monoisotopic (exact) mass is 234 g/mol. The molecular formula is C10H16Cl2N2. The van der Waals surface area contributed by atoms with Crippen molar-refractivity contribution in [1.29, 1.82) is 0 Å². The quantitative estimate of drug-likeness (QED) is 0.827. The van der Waals surface area contributed by atoms with Crippen LogP contribution in [-0.4, -0.2) is 14.1 Å². The van der Waals surface area contributed by atoms with Crippen LogP contribution in [0.2, 0.25) is 10.0 Å². The topological polar surface area (TPSA) is 38.0 Å². The lowest BCUT2D eigenvalue weighted by Gasteiger charge is -2.10. The van der Waals surface area contributed by atoms with Crippen molar-refractivity contribution in [1.82, 2.24) is 5.32 Å². The van der Waals surface area contributed by atoms with Crippen LogP contribution < -0.4 is 11.1 Å². The molecular weight excluding hydrogens is 219 g/mol. The molecule has 0 spiro atoms. The molecule has 0 heterocycles. The maximum Gasteiger partial charge on any atom is 0.0424 e. The second-order valence-corrected chi connectivity index (χ2v) is 3.59. The van der Waals surface area contributed by atoms with E-state index in [1.54, 1.807) is 6.07 Å². The van der Waals surface area contributed by atoms with Gasteiger partial charge in [-0.2, -0.15) is 0 Å². The molecule has 4 heteroatoms. The van der Waals surface area contributed by atoms with Crippen LogP contribution >= 0.6 is 23.2 Å². The van der Waals surface area contributed by atoms with Crippen LogP contribution in [-0.2, 0) is 0 Å². The fourth-order valence-electron chi connectivity index (χ4n) is 0.992. The summed E-state index contributed by atoms with van der Waals surface area (Å²) in [5, 5.41) is 4.48. The van der Waals surface area contributed by atoms with Crippen LogP contribution in [0.15, 0.2) is 18.2 Å². The van der Waals surface area contributed by atoms with Crippen LogP contribution in [0.3, 0.4) is 0 Å². The van der Waals surface area contributed by atoms with Crippen molar-refractivity contribution in [3.63, 3.8) is 0 Å². The fraction of sp³-hybridized carbons (Fsp3) is 0.400. The maximum absolute atomic E-state index is 5.84. The Labute approximate surface area is 95.4 Å². The normalized spacial score (nSPS) is 11.6. The Hall–Kier alpha value is -0.280. The van der Waals surface area contributed by atoms with Crippen LogP contribution in [0.4, 0.5) is 0 Å². The summed E-state index contributed by atoms with van der Waals surface area (Å²) in [6, 6.07) is 5.83. The van der Waals surface area contributed by atoms with Gasteiger partial charge in [-0.05, 0) is 44.8 Å². The van der Waals surface area contributed by atoms with Crippen molar-refractivity contribution in [3.05, 3.63) is 33.8 Å². The molecule has 80 valence electrons. The number of hydrogen-bond acceptors (Lipinski definition) is 2.